The van der Waals surface area contributed by atoms with Crippen LogP contribution in [0.1, 0.15) is 24.8 Å². The van der Waals surface area contributed by atoms with Gasteiger partial charge in [-0.3, -0.25) is 4.79 Å². The molecule has 158 valence electrons. The highest BCUT2D eigenvalue weighted by Gasteiger charge is 2.33. The van der Waals surface area contributed by atoms with E-state index in [1.165, 1.54) is 4.31 Å². The summed E-state index contributed by atoms with van der Waals surface area (Å²) in [5.74, 6) is 0.239. The van der Waals surface area contributed by atoms with Gasteiger partial charge in [-0.05, 0) is 49.9 Å². The Kier molecular flexibility index (Phi) is 6.92. The van der Waals surface area contributed by atoms with Gasteiger partial charge in [-0.25, -0.2) is 13.4 Å². The Morgan fingerprint density at radius 2 is 2.21 bits per heavy atom. The van der Waals surface area contributed by atoms with Crippen molar-refractivity contribution in [2.24, 2.45) is 5.92 Å². The fourth-order valence-corrected chi connectivity index (χ4v) is 5.18. The first kappa shape index (κ1) is 21.3. The van der Waals surface area contributed by atoms with Crippen LogP contribution in [0.4, 0.5) is 0 Å². The monoisotopic (exact) mass is 420 g/mol. The summed E-state index contributed by atoms with van der Waals surface area (Å²) in [7, 11) is -2.09. The van der Waals surface area contributed by atoms with Crippen LogP contribution in [-0.4, -0.2) is 54.9 Å². The van der Waals surface area contributed by atoms with Crippen LogP contribution in [-0.2, 0) is 21.4 Å². The molecule has 0 aliphatic carbocycles. The molecule has 1 atom stereocenters. The Morgan fingerprint density at radius 3 is 2.90 bits per heavy atom. The van der Waals surface area contributed by atoms with Gasteiger partial charge in [0.2, 0.25) is 15.9 Å². The molecule has 3 rings (SSSR count). The molecule has 2 heterocycles. The smallest absolute Gasteiger partial charge is 0.243 e. The molecule has 0 spiro atoms. The number of imidazole rings is 1. The third-order valence-corrected chi connectivity index (χ3v) is 7.07. The molecular formula is C20H28N4O4S. The van der Waals surface area contributed by atoms with Gasteiger partial charge in [0.1, 0.15) is 5.75 Å². The largest absolute Gasteiger partial charge is 0.496 e. The molecule has 1 amide bonds. The van der Waals surface area contributed by atoms with Crippen LogP contribution in [0.5, 0.6) is 5.75 Å². The van der Waals surface area contributed by atoms with Gasteiger partial charge >= 0.3 is 0 Å². The summed E-state index contributed by atoms with van der Waals surface area (Å²) in [6.45, 7) is 3.78. The fraction of sp³-hybridized carbons (Fsp3) is 0.500. The number of hydrogen-bond donors (Lipinski definition) is 1. The number of piperidine rings is 1. The number of nitrogens with one attached hydrogen (secondary N) is 1. The van der Waals surface area contributed by atoms with Crippen LogP contribution in [0.2, 0.25) is 0 Å². The minimum Gasteiger partial charge on any atom is -0.496 e. The van der Waals surface area contributed by atoms with Crippen molar-refractivity contribution in [1.82, 2.24) is 19.2 Å². The molecule has 1 aromatic carbocycles. The van der Waals surface area contributed by atoms with Crippen molar-refractivity contribution in [3.05, 3.63) is 42.5 Å². The van der Waals surface area contributed by atoms with Gasteiger partial charge in [-0.1, -0.05) is 0 Å². The number of aryl methyl sites for hydroxylation is 2. The van der Waals surface area contributed by atoms with Gasteiger partial charge in [-0.2, -0.15) is 4.31 Å². The Hall–Kier alpha value is -2.39. The Bertz CT molecular complexity index is 928. The van der Waals surface area contributed by atoms with Crippen LogP contribution in [0, 0.1) is 12.8 Å². The molecule has 0 radical (unpaired) electrons. The van der Waals surface area contributed by atoms with Crippen molar-refractivity contribution in [2.75, 3.05) is 26.7 Å². The average Bonchev–Trinajstić information content (AvgIpc) is 3.24. The van der Waals surface area contributed by atoms with Gasteiger partial charge in [0.25, 0.3) is 0 Å². The first-order valence-corrected chi connectivity index (χ1v) is 11.2. The number of nitrogens with zero attached hydrogens (tertiary/aromatic N) is 3. The molecule has 1 N–H and O–H groups in total. The van der Waals surface area contributed by atoms with Gasteiger partial charge in [0.15, 0.2) is 0 Å². The van der Waals surface area contributed by atoms with Crippen LogP contribution >= 0.6 is 0 Å². The van der Waals surface area contributed by atoms with Crippen molar-refractivity contribution < 1.29 is 17.9 Å². The lowest BCUT2D eigenvalue weighted by Gasteiger charge is -2.31. The molecule has 2 aromatic rings. The summed E-state index contributed by atoms with van der Waals surface area (Å²) in [5.41, 5.74) is 0.762. The first-order chi connectivity index (χ1) is 13.9. The Balaban J connectivity index is 1.57. The van der Waals surface area contributed by atoms with Crippen LogP contribution in [0.25, 0.3) is 0 Å². The average molecular weight is 421 g/mol. The summed E-state index contributed by atoms with van der Waals surface area (Å²) in [4.78, 5) is 16.8. The summed E-state index contributed by atoms with van der Waals surface area (Å²) in [5, 5.41) is 2.94. The maximum Gasteiger partial charge on any atom is 0.243 e. The molecule has 0 unspecified atom stereocenters. The minimum atomic E-state index is -3.64. The zero-order valence-electron chi connectivity index (χ0n) is 16.9. The van der Waals surface area contributed by atoms with Gasteiger partial charge in [0.05, 0.1) is 24.3 Å². The number of sulfonamides is 1. The van der Waals surface area contributed by atoms with Crippen molar-refractivity contribution in [1.29, 1.82) is 0 Å². The number of carbonyl (C=O) groups excluding carboxylic acids is 1. The summed E-state index contributed by atoms with van der Waals surface area (Å²) in [6.07, 6.45) is 7.50. The van der Waals surface area contributed by atoms with E-state index in [0.717, 1.165) is 18.5 Å². The van der Waals surface area contributed by atoms with Crippen molar-refractivity contribution >= 4 is 15.9 Å². The number of rotatable bonds is 8. The SMILES string of the molecule is COc1ccc(S(=O)(=O)N2CCC[C@H](C(=O)NCCCn3ccnc3)C2)cc1C. The van der Waals surface area contributed by atoms with Gasteiger partial charge in [0, 0.05) is 38.6 Å². The molecule has 1 aliphatic rings. The second-order valence-corrected chi connectivity index (χ2v) is 9.22. The quantitative estimate of drug-likeness (QED) is 0.658. The topological polar surface area (TPSA) is 93.5 Å². The lowest BCUT2D eigenvalue weighted by molar-refractivity contribution is -0.126. The van der Waals surface area contributed by atoms with E-state index in [4.69, 9.17) is 4.74 Å². The number of aromatic nitrogens is 2. The van der Waals surface area contributed by atoms with Crippen molar-refractivity contribution in [3.8, 4) is 5.75 Å². The van der Waals surface area contributed by atoms with Crippen LogP contribution in [0.3, 0.4) is 0 Å². The third-order valence-electron chi connectivity index (χ3n) is 5.21. The van der Waals surface area contributed by atoms with E-state index in [1.807, 2.05) is 17.7 Å². The molecule has 8 nitrogen and oxygen atoms in total. The maximum absolute atomic E-state index is 13.0. The predicted molar refractivity (Wildman–Crippen MR) is 109 cm³/mol. The number of ether oxygens (including phenoxy) is 1. The number of amides is 1. The molecule has 29 heavy (non-hydrogen) atoms. The summed E-state index contributed by atoms with van der Waals surface area (Å²) < 4.78 is 34.7. The van der Waals surface area contributed by atoms with Gasteiger partial charge < -0.3 is 14.6 Å². The lowest BCUT2D eigenvalue weighted by atomic mass is 9.99. The second-order valence-electron chi connectivity index (χ2n) is 7.28. The van der Waals surface area contributed by atoms with Gasteiger partial charge in [-0.15, -0.1) is 0 Å². The van der Waals surface area contributed by atoms with E-state index in [2.05, 4.69) is 10.3 Å². The zero-order chi connectivity index (χ0) is 20.9. The lowest BCUT2D eigenvalue weighted by Crippen LogP contribution is -2.45. The second kappa shape index (κ2) is 9.41. The molecule has 1 aromatic heterocycles. The highest BCUT2D eigenvalue weighted by molar-refractivity contribution is 7.89. The Labute approximate surface area is 171 Å². The zero-order valence-corrected chi connectivity index (χ0v) is 17.7. The van der Waals surface area contributed by atoms with Crippen LogP contribution in [0.15, 0.2) is 41.8 Å². The molecule has 1 saturated heterocycles. The summed E-state index contributed by atoms with van der Waals surface area (Å²) >= 11 is 0. The number of benzene rings is 1. The minimum absolute atomic E-state index is 0.0820. The predicted octanol–water partition coefficient (Wildman–Crippen LogP) is 1.81. The number of carbonyl (C=O) groups is 1. The highest BCUT2D eigenvalue weighted by Crippen LogP contribution is 2.27. The summed E-state index contributed by atoms with van der Waals surface area (Å²) in [6, 6.07) is 4.84. The van der Waals surface area contributed by atoms with E-state index in [9.17, 15) is 13.2 Å². The molecule has 0 saturated carbocycles. The van der Waals surface area contributed by atoms with Crippen molar-refractivity contribution in [2.45, 2.75) is 37.6 Å². The number of methoxy groups -OCH3 is 1. The number of hydrogen-bond acceptors (Lipinski definition) is 5. The van der Waals surface area contributed by atoms with Crippen molar-refractivity contribution in [3.63, 3.8) is 0 Å². The van der Waals surface area contributed by atoms with Crippen LogP contribution < -0.4 is 10.1 Å². The molecule has 9 heteroatoms. The molecule has 0 bridgehead atoms. The standard InChI is InChI=1S/C20H28N4O4S/c1-16-13-18(6-7-19(16)28-2)29(26,27)24-11-3-5-17(14-24)20(25)22-8-4-10-23-12-9-21-15-23/h6-7,9,12-13,15,17H,3-5,8,10-11,14H2,1-2H3,(H,22,25)/t17-/m0/s1. The third kappa shape index (κ3) is 5.16. The van der Waals surface area contributed by atoms with E-state index in [-0.39, 0.29) is 23.3 Å². The molecule has 1 fully saturated rings. The van der Waals surface area contributed by atoms with E-state index >= 15 is 0 Å². The first-order valence-electron chi connectivity index (χ1n) is 9.80. The van der Waals surface area contributed by atoms with E-state index in [1.54, 1.807) is 37.8 Å². The maximum atomic E-state index is 13.0. The molecule has 1 aliphatic heterocycles. The van der Waals surface area contributed by atoms with E-state index in [0.29, 0.717) is 31.7 Å². The molecular weight excluding hydrogens is 392 g/mol. The fourth-order valence-electron chi connectivity index (χ4n) is 3.57. The van der Waals surface area contributed by atoms with E-state index < -0.39 is 10.0 Å². The Morgan fingerprint density at radius 1 is 1.38 bits per heavy atom. The normalized spacial score (nSPS) is 17.8. The highest BCUT2D eigenvalue weighted by atomic mass is 32.2.